The molecular weight excluding hydrogens is 381 g/mol. The van der Waals surface area contributed by atoms with Gasteiger partial charge in [-0.25, -0.2) is 8.42 Å². The van der Waals surface area contributed by atoms with Crippen molar-refractivity contribution in [2.24, 2.45) is 5.92 Å². The van der Waals surface area contributed by atoms with E-state index in [-0.39, 0.29) is 18.9 Å². The molecule has 0 N–H and O–H groups in total. The highest BCUT2D eigenvalue weighted by atomic mass is 32.2. The van der Waals surface area contributed by atoms with Crippen molar-refractivity contribution in [3.63, 3.8) is 0 Å². The summed E-state index contributed by atoms with van der Waals surface area (Å²) >= 11 is 0. The van der Waals surface area contributed by atoms with Crippen LogP contribution in [0.15, 0.2) is 29.2 Å². The molecule has 5 nitrogen and oxygen atoms in total. The summed E-state index contributed by atoms with van der Waals surface area (Å²) in [4.78, 5) is 4.70. The molecule has 0 saturated carbocycles. The molecule has 1 aromatic rings. The van der Waals surface area contributed by atoms with Crippen molar-refractivity contribution in [2.75, 3.05) is 50.5 Å². The summed E-state index contributed by atoms with van der Waals surface area (Å²) in [6, 6.07) is 6.93. The fraction of sp³-hybridized carbons (Fsp3) is 0.667. The Balaban J connectivity index is 1.49. The topological polar surface area (TPSA) is 49.9 Å². The summed E-state index contributed by atoms with van der Waals surface area (Å²) in [5.41, 5.74) is 0.881. The average Bonchev–Trinajstić information content (AvgIpc) is 2.61. The molecule has 2 aliphatic heterocycles. The second-order valence-electron chi connectivity index (χ2n) is 7.36. The molecular formula is C18H25F3N2O3S. The Morgan fingerprint density at radius 2 is 1.85 bits per heavy atom. The number of sulfone groups is 1. The lowest BCUT2D eigenvalue weighted by Crippen LogP contribution is -2.49. The van der Waals surface area contributed by atoms with Crippen LogP contribution in [-0.2, 0) is 14.6 Å². The molecule has 0 unspecified atom stereocenters. The quantitative estimate of drug-likeness (QED) is 0.769. The first-order valence-electron chi connectivity index (χ1n) is 9.08. The second kappa shape index (κ2) is 7.97. The third-order valence-corrected chi connectivity index (χ3v) is 6.35. The predicted octanol–water partition coefficient (Wildman–Crippen LogP) is 2.57. The number of rotatable bonds is 4. The zero-order valence-electron chi connectivity index (χ0n) is 15.3. The number of nitrogens with zero attached hydrogens (tertiary/aromatic N) is 2. The number of hydrogen-bond donors (Lipinski definition) is 0. The van der Waals surface area contributed by atoms with Gasteiger partial charge in [-0.05, 0) is 37.0 Å². The van der Waals surface area contributed by atoms with Crippen molar-refractivity contribution < 1.29 is 26.3 Å². The van der Waals surface area contributed by atoms with Gasteiger partial charge in [0.05, 0.1) is 11.5 Å². The minimum atomic E-state index is -4.27. The van der Waals surface area contributed by atoms with Crippen molar-refractivity contribution in [1.82, 2.24) is 4.90 Å². The highest BCUT2D eigenvalue weighted by Crippen LogP contribution is 2.32. The van der Waals surface area contributed by atoms with E-state index in [1.807, 2.05) is 6.07 Å². The van der Waals surface area contributed by atoms with Gasteiger partial charge in [0.2, 0.25) is 0 Å². The van der Waals surface area contributed by atoms with Crippen LogP contribution in [0.2, 0.25) is 0 Å². The minimum Gasteiger partial charge on any atom is -0.369 e. The van der Waals surface area contributed by atoms with Crippen molar-refractivity contribution >= 4 is 15.5 Å². The Bertz CT molecular complexity index is 738. The molecule has 0 radical (unpaired) electrons. The van der Waals surface area contributed by atoms with Crippen LogP contribution in [0, 0.1) is 5.92 Å². The van der Waals surface area contributed by atoms with Crippen LogP contribution in [0.3, 0.4) is 0 Å². The van der Waals surface area contributed by atoms with Crippen molar-refractivity contribution in [3.05, 3.63) is 24.3 Å². The number of ether oxygens (including phenoxy) is 1. The number of alkyl halides is 3. The molecule has 0 aliphatic carbocycles. The van der Waals surface area contributed by atoms with E-state index in [9.17, 15) is 21.6 Å². The largest absolute Gasteiger partial charge is 0.414 e. The van der Waals surface area contributed by atoms with Gasteiger partial charge in [0.15, 0.2) is 15.9 Å². The molecule has 2 saturated heterocycles. The van der Waals surface area contributed by atoms with Crippen LogP contribution in [-0.4, -0.2) is 71.2 Å². The molecule has 1 aromatic carbocycles. The molecule has 0 amide bonds. The van der Waals surface area contributed by atoms with Crippen LogP contribution >= 0.6 is 0 Å². The lowest BCUT2D eigenvalue weighted by Gasteiger charge is -2.39. The van der Waals surface area contributed by atoms with Gasteiger partial charge in [0, 0.05) is 44.7 Å². The fourth-order valence-electron chi connectivity index (χ4n) is 3.67. The molecule has 27 heavy (non-hydrogen) atoms. The van der Waals surface area contributed by atoms with Gasteiger partial charge < -0.3 is 9.64 Å². The first-order chi connectivity index (χ1) is 12.6. The third-order valence-electron chi connectivity index (χ3n) is 5.23. The van der Waals surface area contributed by atoms with E-state index in [0.717, 1.165) is 38.4 Å². The molecule has 2 atom stereocenters. The highest BCUT2D eigenvalue weighted by molar-refractivity contribution is 7.90. The summed E-state index contributed by atoms with van der Waals surface area (Å²) < 4.78 is 66.4. The number of hydrogen-bond acceptors (Lipinski definition) is 5. The van der Waals surface area contributed by atoms with E-state index in [0.29, 0.717) is 11.3 Å². The smallest absolute Gasteiger partial charge is 0.369 e. The van der Waals surface area contributed by atoms with Gasteiger partial charge in [-0.2, -0.15) is 13.2 Å². The fourth-order valence-corrected chi connectivity index (χ4v) is 4.33. The Morgan fingerprint density at radius 3 is 2.41 bits per heavy atom. The molecule has 0 spiro atoms. The lowest BCUT2D eigenvalue weighted by atomic mass is 9.97. The van der Waals surface area contributed by atoms with Crippen molar-refractivity contribution in [2.45, 2.75) is 30.0 Å². The maximum Gasteiger partial charge on any atom is 0.414 e. The average molecular weight is 406 g/mol. The van der Waals surface area contributed by atoms with Gasteiger partial charge in [0.1, 0.15) is 0 Å². The van der Waals surface area contributed by atoms with E-state index in [2.05, 4.69) is 9.80 Å². The van der Waals surface area contributed by atoms with Crippen LogP contribution in [0.5, 0.6) is 0 Å². The Labute approximate surface area is 158 Å². The normalized spacial score (nSPS) is 25.6. The van der Waals surface area contributed by atoms with E-state index < -0.39 is 22.1 Å². The number of halogens is 3. The first kappa shape index (κ1) is 20.4. The zero-order chi connectivity index (χ0) is 19.7. The molecule has 2 fully saturated rings. The van der Waals surface area contributed by atoms with Gasteiger partial charge in [0.25, 0.3) is 0 Å². The first-order valence-corrected chi connectivity index (χ1v) is 11.0. The SMILES string of the molecule is CS(=O)(=O)c1cccc(N2CCN(C[C@@H]3CC[C@H](C(F)(F)F)OC3)CC2)c1. The van der Waals surface area contributed by atoms with Crippen LogP contribution in [0.25, 0.3) is 0 Å². The van der Waals surface area contributed by atoms with Crippen molar-refractivity contribution in [1.29, 1.82) is 0 Å². The van der Waals surface area contributed by atoms with E-state index in [1.165, 1.54) is 6.26 Å². The van der Waals surface area contributed by atoms with Gasteiger partial charge in [-0.3, -0.25) is 4.90 Å². The molecule has 152 valence electrons. The maximum absolute atomic E-state index is 12.7. The highest BCUT2D eigenvalue weighted by Gasteiger charge is 2.43. The standard InChI is InChI=1S/C18H25F3N2O3S/c1-27(24,25)16-4-2-3-15(11-16)23-9-7-22(8-10-23)12-14-5-6-17(26-13-14)18(19,20)21/h2-4,11,14,17H,5-10,12-13H2,1H3/t14-,17+/m0/s1. The van der Waals surface area contributed by atoms with Crippen LogP contribution in [0.1, 0.15) is 12.8 Å². The van der Waals surface area contributed by atoms with E-state index >= 15 is 0 Å². The van der Waals surface area contributed by atoms with E-state index in [4.69, 9.17) is 4.74 Å². The maximum atomic E-state index is 12.7. The summed E-state index contributed by atoms with van der Waals surface area (Å²) in [7, 11) is -3.24. The Kier molecular flexibility index (Phi) is 6.02. The third kappa shape index (κ3) is 5.36. The molecule has 2 heterocycles. The molecule has 0 aromatic heterocycles. The minimum absolute atomic E-state index is 0.0341. The number of piperazine rings is 1. The van der Waals surface area contributed by atoms with Gasteiger partial charge in [-0.15, -0.1) is 0 Å². The van der Waals surface area contributed by atoms with Gasteiger partial charge in [-0.1, -0.05) is 6.07 Å². The predicted molar refractivity (Wildman–Crippen MR) is 96.7 cm³/mol. The zero-order valence-corrected chi connectivity index (χ0v) is 16.1. The summed E-state index contributed by atoms with van der Waals surface area (Å²) in [6.45, 7) is 3.99. The number of benzene rings is 1. The second-order valence-corrected chi connectivity index (χ2v) is 9.38. The molecule has 3 rings (SSSR count). The Hall–Kier alpha value is -1.32. The van der Waals surface area contributed by atoms with Gasteiger partial charge >= 0.3 is 6.18 Å². The van der Waals surface area contributed by atoms with Crippen LogP contribution in [0.4, 0.5) is 18.9 Å². The van der Waals surface area contributed by atoms with Crippen molar-refractivity contribution in [3.8, 4) is 0 Å². The summed E-state index contributed by atoms with van der Waals surface area (Å²) in [6.07, 6.45) is -4.13. The summed E-state index contributed by atoms with van der Waals surface area (Å²) in [5, 5.41) is 0. The van der Waals surface area contributed by atoms with Crippen LogP contribution < -0.4 is 4.90 Å². The molecule has 2 aliphatic rings. The Morgan fingerprint density at radius 1 is 1.15 bits per heavy atom. The number of anilines is 1. The monoisotopic (exact) mass is 406 g/mol. The van der Waals surface area contributed by atoms with E-state index in [1.54, 1.807) is 18.2 Å². The summed E-state index contributed by atoms with van der Waals surface area (Å²) in [5.74, 6) is 0.128. The molecule has 0 bridgehead atoms. The molecule has 9 heteroatoms. The lowest BCUT2D eigenvalue weighted by molar-refractivity contribution is -0.236.